The summed E-state index contributed by atoms with van der Waals surface area (Å²) in [5.41, 5.74) is 5.39. The third-order valence-electron chi connectivity index (χ3n) is 2.27. The molecule has 4 N–H and O–H groups in total. The number of rotatable bonds is 2. The van der Waals surface area contributed by atoms with Crippen LogP contribution in [0.2, 0.25) is 0 Å². The molecule has 0 aromatic carbocycles. The fourth-order valence-corrected chi connectivity index (χ4v) is 1.38. The minimum atomic E-state index is -0.564. The van der Waals surface area contributed by atoms with Gasteiger partial charge < -0.3 is 16.4 Å². The zero-order valence-corrected chi connectivity index (χ0v) is 9.60. The zero-order valence-electron chi connectivity index (χ0n) is 8.79. The monoisotopic (exact) mass is 235 g/mol. The van der Waals surface area contributed by atoms with E-state index in [-0.39, 0.29) is 24.2 Å². The number of hydrogen-bond acceptors (Lipinski definition) is 3. The van der Waals surface area contributed by atoms with Gasteiger partial charge in [0.25, 0.3) is 0 Å². The molecule has 6 heteroatoms. The van der Waals surface area contributed by atoms with Crippen LogP contribution in [-0.4, -0.2) is 30.4 Å². The Balaban J connectivity index is 0.00000196. The first-order chi connectivity index (χ1) is 6.61. The van der Waals surface area contributed by atoms with Crippen LogP contribution in [0.1, 0.15) is 26.2 Å². The van der Waals surface area contributed by atoms with Crippen molar-refractivity contribution in [3.05, 3.63) is 0 Å². The van der Waals surface area contributed by atoms with Crippen molar-refractivity contribution in [2.45, 2.75) is 38.3 Å². The fourth-order valence-electron chi connectivity index (χ4n) is 1.38. The molecule has 1 heterocycles. The lowest BCUT2D eigenvalue weighted by molar-refractivity contribution is -0.129. The van der Waals surface area contributed by atoms with Crippen LogP contribution >= 0.6 is 12.4 Å². The van der Waals surface area contributed by atoms with Crippen LogP contribution in [0, 0.1) is 0 Å². The molecule has 0 aliphatic carbocycles. The molecular formula is C9H18ClN3O2. The van der Waals surface area contributed by atoms with E-state index in [1.807, 2.05) is 0 Å². The van der Waals surface area contributed by atoms with E-state index in [1.54, 1.807) is 6.92 Å². The van der Waals surface area contributed by atoms with Crippen LogP contribution in [0.3, 0.4) is 0 Å². The second-order valence-electron chi connectivity index (χ2n) is 3.64. The maximum atomic E-state index is 11.4. The van der Waals surface area contributed by atoms with Crippen molar-refractivity contribution >= 4 is 24.2 Å². The number of carbonyl (C=O) groups is 2. The minimum absolute atomic E-state index is 0. The number of nitrogens with two attached hydrogens (primary N) is 1. The van der Waals surface area contributed by atoms with Gasteiger partial charge in [-0.25, -0.2) is 0 Å². The summed E-state index contributed by atoms with van der Waals surface area (Å²) in [6, 6.07) is -0.970. The Morgan fingerprint density at radius 3 is 2.87 bits per heavy atom. The summed E-state index contributed by atoms with van der Waals surface area (Å²) < 4.78 is 0. The van der Waals surface area contributed by atoms with Crippen LogP contribution in [0.4, 0.5) is 0 Å². The van der Waals surface area contributed by atoms with Gasteiger partial charge in [0.05, 0.1) is 6.04 Å². The van der Waals surface area contributed by atoms with Crippen molar-refractivity contribution in [1.82, 2.24) is 10.6 Å². The Morgan fingerprint density at radius 1 is 1.60 bits per heavy atom. The van der Waals surface area contributed by atoms with E-state index < -0.39 is 12.1 Å². The molecule has 0 saturated carbocycles. The summed E-state index contributed by atoms with van der Waals surface area (Å²) >= 11 is 0. The Hall–Kier alpha value is -0.810. The highest BCUT2D eigenvalue weighted by atomic mass is 35.5. The van der Waals surface area contributed by atoms with E-state index >= 15 is 0 Å². The van der Waals surface area contributed by atoms with Gasteiger partial charge in [-0.15, -0.1) is 12.4 Å². The average Bonchev–Trinajstić information content (AvgIpc) is 2.32. The molecular weight excluding hydrogens is 218 g/mol. The summed E-state index contributed by atoms with van der Waals surface area (Å²) in [6.45, 7) is 2.30. The van der Waals surface area contributed by atoms with Crippen LogP contribution < -0.4 is 16.4 Å². The van der Waals surface area contributed by atoms with Gasteiger partial charge in [-0.2, -0.15) is 0 Å². The van der Waals surface area contributed by atoms with Crippen molar-refractivity contribution in [3.8, 4) is 0 Å². The molecule has 2 atom stereocenters. The molecule has 0 aromatic rings. The number of halogens is 1. The molecule has 2 amide bonds. The normalized spacial score (nSPS) is 23.1. The third kappa shape index (κ3) is 4.48. The van der Waals surface area contributed by atoms with Gasteiger partial charge in [-0.1, -0.05) is 0 Å². The zero-order chi connectivity index (χ0) is 10.6. The first-order valence-electron chi connectivity index (χ1n) is 4.95. The summed E-state index contributed by atoms with van der Waals surface area (Å²) in [4.78, 5) is 22.7. The molecule has 15 heavy (non-hydrogen) atoms. The molecule has 88 valence electrons. The highest BCUT2D eigenvalue weighted by Gasteiger charge is 2.23. The molecule has 0 spiro atoms. The van der Waals surface area contributed by atoms with Crippen LogP contribution in [0.15, 0.2) is 0 Å². The Bertz CT molecular complexity index is 233. The third-order valence-corrected chi connectivity index (χ3v) is 2.27. The van der Waals surface area contributed by atoms with Crippen molar-refractivity contribution in [3.63, 3.8) is 0 Å². The molecule has 1 fully saturated rings. The van der Waals surface area contributed by atoms with Crippen LogP contribution in [-0.2, 0) is 9.59 Å². The van der Waals surface area contributed by atoms with Crippen molar-refractivity contribution in [2.24, 2.45) is 5.73 Å². The molecule has 0 bridgehead atoms. The average molecular weight is 236 g/mol. The molecule has 1 aliphatic heterocycles. The standard InChI is InChI=1S/C9H17N3O2.ClH/c1-6(10)8(13)12-7-4-2-3-5-11-9(7)14;/h6-7H,2-5,10H2,1H3,(H,11,14)(H,12,13);1H. The van der Waals surface area contributed by atoms with E-state index in [1.165, 1.54) is 0 Å². The summed E-state index contributed by atoms with van der Waals surface area (Å²) in [5.74, 6) is -0.372. The Labute approximate surface area is 95.6 Å². The number of carbonyl (C=O) groups excluding carboxylic acids is 2. The van der Waals surface area contributed by atoms with E-state index in [2.05, 4.69) is 10.6 Å². The second kappa shape index (κ2) is 6.63. The highest BCUT2D eigenvalue weighted by molar-refractivity contribution is 5.89. The van der Waals surface area contributed by atoms with Crippen molar-refractivity contribution in [2.75, 3.05) is 6.54 Å². The largest absolute Gasteiger partial charge is 0.354 e. The maximum absolute atomic E-state index is 11.4. The predicted octanol–water partition coefficient (Wildman–Crippen LogP) is -0.460. The van der Waals surface area contributed by atoms with Crippen molar-refractivity contribution in [1.29, 1.82) is 0 Å². The van der Waals surface area contributed by atoms with Gasteiger partial charge in [0.1, 0.15) is 6.04 Å². The SMILES string of the molecule is CC(N)C(=O)NC1CCCCNC1=O.Cl. The lowest BCUT2D eigenvalue weighted by atomic mass is 10.1. The van der Waals surface area contributed by atoms with Gasteiger partial charge in [-0.05, 0) is 26.2 Å². The van der Waals surface area contributed by atoms with Gasteiger partial charge in [-0.3, -0.25) is 9.59 Å². The van der Waals surface area contributed by atoms with Gasteiger partial charge in [0.15, 0.2) is 0 Å². The van der Waals surface area contributed by atoms with Crippen molar-refractivity contribution < 1.29 is 9.59 Å². The number of amides is 2. The smallest absolute Gasteiger partial charge is 0.242 e. The maximum Gasteiger partial charge on any atom is 0.242 e. The molecule has 2 unspecified atom stereocenters. The first-order valence-corrected chi connectivity index (χ1v) is 4.95. The van der Waals surface area contributed by atoms with E-state index in [4.69, 9.17) is 5.73 Å². The quantitative estimate of drug-likeness (QED) is 0.606. The molecule has 1 rings (SSSR count). The minimum Gasteiger partial charge on any atom is -0.354 e. The molecule has 5 nitrogen and oxygen atoms in total. The molecule has 1 aliphatic rings. The van der Waals surface area contributed by atoms with E-state index in [9.17, 15) is 9.59 Å². The van der Waals surface area contributed by atoms with Gasteiger partial charge in [0, 0.05) is 6.54 Å². The highest BCUT2D eigenvalue weighted by Crippen LogP contribution is 2.05. The summed E-state index contributed by atoms with van der Waals surface area (Å²) in [6.07, 6.45) is 2.61. The Kier molecular flexibility index (Phi) is 6.27. The van der Waals surface area contributed by atoms with Crippen LogP contribution in [0.25, 0.3) is 0 Å². The topological polar surface area (TPSA) is 84.2 Å². The predicted molar refractivity (Wildman–Crippen MR) is 59.7 cm³/mol. The molecule has 0 radical (unpaired) electrons. The van der Waals surface area contributed by atoms with E-state index in [0.29, 0.717) is 13.0 Å². The lowest BCUT2D eigenvalue weighted by Gasteiger charge is -2.16. The molecule has 0 aromatic heterocycles. The van der Waals surface area contributed by atoms with Gasteiger partial charge in [0.2, 0.25) is 11.8 Å². The first kappa shape index (κ1) is 14.2. The summed E-state index contributed by atoms with van der Waals surface area (Å²) in [5, 5.41) is 5.38. The van der Waals surface area contributed by atoms with Crippen LogP contribution in [0.5, 0.6) is 0 Å². The fraction of sp³-hybridized carbons (Fsp3) is 0.778. The number of nitrogens with one attached hydrogen (secondary N) is 2. The number of hydrogen-bond donors (Lipinski definition) is 3. The van der Waals surface area contributed by atoms with E-state index in [0.717, 1.165) is 12.8 Å². The lowest BCUT2D eigenvalue weighted by Crippen LogP contribution is -2.50. The molecule has 1 saturated heterocycles. The second-order valence-corrected chi connectivity index (χ2v) is 3.64. The Morgan fingerprint density at radius 2 is 2.27 bits per heavy atom. The summed E-state index contributed by atoms with van der Waals surface area (Å²) in [7, 11) is 0. The van der Waals surface area contributed by atoms with Gasteiger partial charge >= 0.3 is 0 Å².